The Kier molecular flexibility index (Phi) is 10.7. The lowest BCUT2D eigenvalue weighted by Gasteiger charge is -2.31. The van der Waals surface area contributed by atoms with Crippen molar-refractivity contribution in [2.24, 2.45) is 17.6 Å². The molecule has 1 aromatic heterocycles. The van der Waals surface area contributed by atoms with E-state index in [1.807, 2.05) is 27.7 Å². The van der Waals surface area contributed by atoms with Crippen LogP contribution in [0.2, 0.25) is 0 Å². The Morgan fingerprint density at radius 2 is 1.79 bits per heavy atom. The maximum Gasteiger partial charge on any atom is 0.396 e. The minimum Gasteiger partial charge on any atom is -0.370 e. The molecule has 4 amide bonds. The highest BCUT2D eigenvalue weighted by atomic mass is 31.2. The van der Waals surface area contributed by atoms with Gasteiger partial charge in [0.15, 0.2) is 0 Å². The molecule has 0 aliphatic carbocycles. The van der Waals surface area contributed by atoms with E-state index in [2.05, 4.69) is 15.6 Å². The highest BCUT2D eigenvalue weighted by molar-refractivity contribution is 7.70. The monoisotopic (exact) mass is 605 g/mol. The van der Waals surface area contributed by atoms with Gasteiger partial charge in [-0.05, 0) is 61.8 Å². The van der Waals surface area contributed by atoms with Crippen LogP contribution in [0.5, 0.6) is 0 Å². The SMILES string of the molecule is CC(C)C[C@H](NC(=O)c1cc2cc(C(=O)P(=O)(O)O)ccc2[nH]1)C(=O)N1CCC[C@H]1C(=O)N[C@@H](CCC(N)=O)C(C)C. The molecule has 3 atom stereocenters. The van der Waals surface area contributed by atoms with Crippen LogP contribution in [-0.2, 0) is 18.9 Å². The van der Waals surface area contributed by atoms with E-state index in [1.165, 1.54) is 29.2 Å². The fraction of sp³-hybridized carbons (Fsp3) is 0.536. The molecule has 1 fully saturated rings. The molecule has 42 heavy (non-hydrogen) atoms. The summed E-state index contributed by atoms with van der Waals surface area (Å²) in [6.07, 6.45) is 1.94. The molecule has 2 heterocycles. The lowest BCUT2D eigenvalue weighted by molar-refractivity contribution is -0.140. The molecule has 0 bridgehead atoms. The molecular weight excluding hydrogens is 565 g/mol. The van der Waals surface area contributed by atoms with Crippen LogP contribution >= 0.6 is 7.60 Å². The van der Waals surface area contributed by atoms with Crippen molar-refractivity contribution >= 4 is 47.7 Å². The second-order valence-electron chi connectivity index (χ2n) is 11.5. The van der Waals surface area contributed by atoms with E-state index < -0.39 is 37.0 Å². The predicted octanol–water partition coefficient (Wildman–Crippen LogP) is 2.03. The summed E-state index contributed by atoms with van der Waals surface area (Å²) in [6.45, 7) is 8.04. The molecule has 1 aliphatic heterocycles. The van der Waals surface area contributed by atoms with Crippen molar-refractivity contribution in [1.82, 2.24) is 20.5 Å². The normalized spacial score (nSPS) is 17.0. The maximum absolute atomic E-state index is 13.7. The molecule has 230 valence electrons. The van der Waals surface area contributed by atoms with Gasteiger partial charge < -0.3 is 36.0 Å². The summed E-state index contributed by atoms with van der Waals surface area (Å²) in [5, 5.41) is 6.14. The number of benzene rings is 1. The zero-order valence-electron chi connectivity index (χ0n) is 24.3. The Labute approximate surface area is 244 Å². The summed E-state index contributed by atoms with van der Waals surface area (Å²) in [4.78, 5) is 86.3. The Morgan fingerprint density at radius 1 is 1.10 bits per heavy atom. The Bertz CT molecular complexity index is 1400. The van der Waals surface area contributed by atoms with Crippen LogP contribution in [0.15, 0.2) is 24.3 Å². The van der Waals surface area contributed by atoms with Gasteiger partial charge in [-0.2, -0.15) is 0 Å². The molecule has 7 N–H and O–H groups in total. The summed E-state index contributed by atoms with van der Waals surface area (Å²) in [7, 11) is -4.97. The highest BCUT2D eigenvalue weighted by Crippen LogP contribution is 2.39. The van der Waals surface area contributed by atoms with Crippen LogP contribution in [0.25, 0.3) is 10.9 Å². The van der Waals surface area contributed by atoms with Crippen molar-refractivity contribution in [3.8, 4) is 0 Å². The number of likely N-dealkylation sites (tertiary alicyclic amines) is 1. The average molecular weight is 606 g/mol. The van der Waals surface area contributed by atoms with Gasteiger partial charge >= 0.3 is 7.60 Å². The summed E-state index contributed by atoms with van der Waals surface area (Å²) in [6, 6.07) is 3.49. The van der Waals surface area contributed by atoms with Gasteiger partial charge in [0.25, 0.3) is 11.4 Å². The van der Waals surface area contributed by atoms with Crippen molar-refractivity contribution in [2.75, 3.05) is 6.54 Å². The number of rotatable bonds is 13. The number of hydrogen-bond acceptors (Lipinski definition) is 6. The topological polar surface area (TPSA) is 212 Å². The van der Waals surface area contributed by atoms with Crippen molar-refractivity contribution in [2.45, 2.75) is 77.9 Å². The van der Waals surface area contributed by atoms with Crippen LogP contribution in [0, 0.1) is 11.8 Å². The standard InChI is InChI=1S/C28H40N5O8P/c1-15(2)12-22(27(37)33-11-5-6-23(33)26(36)31-19(16(3)4)9-10-24(29)34)32-25(35)21-14-18-13-17(7-8-20(18)30-21)28(38)42(39,40)41/h7-8,13-16,19,22-23,30H,5-6,9-12H2,1-4H3,(H2,29,34)(H,31,36)(H,32,35)(H2,39,40,41)/t19-,22-,23-/m0/s1. The fourth-order valence-corrected chi connectivity index (χ4v) is 5.61. The van der Waals surface area contributed by atoms with E-state index in [0.717, 1.165) is 0 Å². The van der Waals surface area contributed by atoms with Gasteiger partial charge in [-0.15, -0.1) is 0 Å². The lowest BCUT2D eigenvalue weighted by Crippen LogP contribution is -2.55. The molecule has 0 spiro atoms. The smallest absolute Gasteiger partial charge is 0.370 e. The molecular formula is C28H40N5O8P. The number of amides is 4. The van der Waals surface area contributed by atoms with Gasteiger partial charge in [-0.3, -0.25) is 28.5 Å². The molecule has 1 aliphatic rings. The molecule has 0 radical (unpaired) electrons. The maximum atomic E-state index is 13.7. The van der Waals surface area contributed by atoms with Crippen LogP contribution in [-0.4, -0.2) is 73.5 Å². The second-order valence-corrected chi connectivity index (χ2v) is 13.0. The van der Waals surface area contributed by atoms with E-state index in [9.17, 15) is 38.3 Å². The van der Waals surface area contributed by atoms with Crippen LogP contribution in [0.3, 0.4) is 0 Å². The molecule has 1 saturated heterocycles. The molecule has 1 aromatic carbocycles. The Morgan fingerprint density at radius 3 is 2.38 bits per heavy atom. The van der Waals surface area contributed by atoms with Crippen molar-refractivity contribution in [3.63, 3.8) is 0 Å². The number of nitrogens with two attached hydrogens (primary N) is 1. The number of carbonyl (C=O) groups excluding carboxylic acids is 5. The Hall–Kier alpha value is -3.54. The van der Waals surface area contributed by atoms with Gasteiger partial charge in [0.1, 0.15) is 17.8 Å². The van der Waals surface area contributed by atoms with Crippen LogP contribution < -0.4 is 16.4 Å². The number of carbonyl (C=O) groups is 5. The quantitative estimate of drug-likeness (QED) is 0.185. The first-order valence-corrected chi connectivity index (χ1v) is 15.6. The third-order valence-corrected chi connectivity index (χ3v) is 8.15. The number of H-pyrrole nitrogens is 1. The molecule has 0 saturated carbocycles. The third-order valence-electron chi connectivity index (χ3n) is 7.36. The van der Waals surface area contributed by atoms with Crippen molar-refractivity contribution < 1.29 is 38.3 Å². The van der Waals surface area contributed by atoms with Crippen LogP contribution in [0.1, 0.15) is 80.6 Å². The van der Waals surface area contributed by atoms with Crippen molar-refractivity contribution in [1.29, 1.82) is 0 Å². The zero-order valence-corrected chi connectivity index (χ0v) is 25.1. The number of aromatic nitrogens is 1. The van der Waals surface area contributed by atoms with Crippen molar-refractivity contribution in [3.05, 3.63) is 35.5 Å². The number of nitrogens with zero attached hydrogens (tertiary/aromatic N) is 1. The predicted molar refractivity (Wildman–Crippen MR) is 155 cm³/mol. The minimum atomic E-state index is -4.97. The molecule has 14 heteroatoms. The fourth-order valence-electron chi connectivity index (χ4n) is 5.14. The summed E-state index contributed by atoms with van der Waals surface area (Å²) < 4.78 is 11.4. The van der Waals surface area contributed by atoms with Gasteiger partial charge in [-0.25, -0.2) is 0 Å². The second kappa shape index (κ2) is 13.6. The number of primary amides is 1. The molecule has 13 nitrogen and oxygen atoms in total. The lowest BCUT2D eigenvalue weighted by atomic mass is 9.98. The minimum absolute atomic E-state index is 0.0391. The number of fused-ring (bicyclic) bond motifs is 1. The van der Waals surface area contributed by atoms with E-state index >= 15 is 0 Å². The zero-order chi connectivity index (χ0) is 31.4. The number of aromatic amines is 1. The molecule has 3 rings (SSSR count). The molecule has 2 aromatic rings. The van der Waals surface area contributed by atoms with E-state index in [0.29, 0.717) is 43.1 Å². The largest absolute Gasteiger partial charge is 0.396 e. The van der Waals surface area contributed by atoms with E-state index in [-0.39, 0.29) is 47.4 Å². The highest BCUT2D eigenvalue weighted by Gasteiger charge is 2.39. The first-order valence-electron chi connectivity index (χ1n) is 14.0. The van der Waals surface area contributed by atoms with Gasteiger partial charge in [0.05, 0.1) is 0 Å². The number of hydrogen-bond donors (Lipinski definition) is 6. The summed E-state index contributed by atoms with van der Waals surface area (Å²) in [5.41, 5.74) is 4.32. The average Bonchev–Trinajstić information content (AvgIpc) is 3.55. The first kappa shape index (κ1) is 33.0. The van der Waals surface area contributed by atoms with Gasteiger partial charge in [-0.1, -0.05) is 27.7 Å². The van der Waals surface area contributed by atoms with Gasteiger partial charge in [0.2, 0.25) is 17.7 Å². The van der Waals surface area contributed by atoms with E-state index in [4.69, 9.17) is 5.73 Å². The summed E-state index contributed by atoms with van der Waals surface area (Å²) in [5.74, 6) is -1.63. The van der Waals surface area contributed by atoms with E-state index in [1.54, 1.807) is 0 Å². The number of nitrogens with one attached hydrogen (secondary N) is 3. The molecule has 0 unspecified atom stereocenters. The Balaban J connectivity index is 1.77. The first-order chi connectivity index (χ1) is 19.6. The summed E-state index contributed by atoms with van der Waals surface area (Å²) >= 11 is 0. The van der Waals surface area contributed by atoms with Crippen LogP contribution in [0.4, 0.5) is 0 Å². The third kappa shape index (κ3) is 8.27. The van der Waals surface area contributed by atoms with Gasteiger partial charge in [0, 0.05) is 35.5 Å².